The molecule has 0 aliphatic heterocycles. The molecule has 2 rings (SSSR count). The molecule has 108 valence electrons. The van der Waals surface area contributed by atoms with Gasteiger partial charge in [-0.05, 0) is 31.0 Å². The third-order valence-electron chi connectivity index (χ3n) is 3.43. The van der Waals surface area contributed by atoms with Crippen molar-refractivity contribution in [2.75, 3.05) is 20.1 Å². The molecule has 5 nitrogen and oxygen atoms in total. The van der Waals surface area contributed by atoms with E-state index in [1.165, 1.54) is 5.56 Å². The van der Waals surface area contributed by atoms with E-state index < -0.39 is 0 Å². The number of amides is 1. The molecule has 5 heteroatoms. The van der Waals surface area contributed by atoms with E-state index in [0.29, 0.717) is 12.3 Å². The van der Waals surface area contributed by atoms with Gasteiger partial charge in [0.15, 0.2) is 0 Å². The highest BCUT2D eigenvalue weighted by Gasteiger charge is 2.14. The van der Waals surface area contributed by atoms with Crippen LogP contribution in [-0.4, -0.2) is 36.1 Å². The minimum Gasteiger partial charge on any atom is -0.409 e. The van der Waals surface area contributed by atoms with Gasteiger partial charge >= 0.3 is 6.09 Å². The molecule has 0 aliphatic carbocycles. The van der Waals surface area contributed by atoms with Crippen molar-refractivity contribution < 1.29 is 15.3 Å². The van der Waals surface area contributed by atoms with E-state index >= 15 is 0 Å². The van der Waals surface area contributed by atoms with Gasteiger partial charge < -0.3 is 20.4 Å². The maximum absolute atomic E-state index is 11.9. The summed E-state index contributed by atoms with van der Waals surface area (Å²) in [5, 5.41) is 0.999. The molecule has 0 spiro atoms. The Hall–Kier alpha value is -2.01. The van der Waals surface area contributed by atoms with Crippen LogP contribution in [0.5, 0.6) is 5.75 Å². The summed E-state index contributed by atoms with van der Waals surface area (Å²) in [5.41, 5.74) is 6.03. The predicted octanol–water partition coefficient (Wildman–Crippen LogP) is 1.79. The number of aromatic nitrogens is 1. The van der Waals surface area contributed by atoms with Crippen molar-refractivity contribution in [1.29, 1.82) is 0 Å². The highest BCUT2D eigenvalue weighted by Crippen LogP contribution is 2.29. The molecule has 20 heavy (non-hydrogen) atoms. The molecule has 4 N–H and O–H groups in total. The summed E-state index contributed by atoms with van der Waals surface area (Å²) in [6, 6.07) is 5.72. The van der Waals surface area contributed by atoms with E-state index in [0.717, 1.165) is 30.3 Å². The highest BCUT2D eigenvalue weighted by atomic mass is 16.6. The molecule has 0 unspecified atom stereocenters. The van der Waals surface area contributed by atoms with Gasteiger partial charge in [-0.25, -0.2) is 4.79 Å². The molecule has 0 saturated carbocycles. The van der Waals surface area contributed by atoms with Gasteiger partial charge in [-0.15, -0.1) is 0 Å². The largest absolute Gasteiger partial charge is 0.414 e. The standard InChI is InChI=1S/C15H21N3O2/c1-3-18(2)15(19)20-13-8-4-7-12-14(13)11(10-17-12)6-5-9-16/h4,7-8,10,17H,3,5-6,9,16H2,1-2H3/p+1. The van der Waals surface area contributed by atoms with Gasteiger partial charge in [0, 0.05) is 37.1 Å². The molecule has 1 aromatic carbocycles. The minimum absolute atomic E-state index is 0.329. The smallest absolute Gasteiger partial charge is 0.409 e. The molecule has 0 saturated heterocycles. The van der Waals surface area contributed by atoms with Crippen LogP contribution in [0.4, 0.5) is 4.79 Å². The molecular weight excluding hydrogens is 254 g/mol. The summed E-state index contributed by atoms with van der Waals surface area (Å²) in [4.78, 5) is 16.7. The zero-order chi connectivity index (χ0) is 14.5. The Morgan fingerprint density at radius 3 is 2.95 bits per heavy atom. The molecule has 0 fully saturated rings. The van der Waals surface area contributed by atoms with Crippen molar-refractivity contribution in [3.05, 3.63) is 30.0 Å². The second-order valence-electron chi connectivity index (χ2n) is 4.83. The summed E-state index contributed by atoms with van der Waals surface area (Å²) < 4.78 is 5.51. The summed E-state index contributed by atoms with van der Waals surface area (Å²) in [7, 11) is 1.73. The number of hydrogen-bond acceptors (Lipinski definition) is 2. The molecule has 0 aliphatic rings. The number of fused-ring (bicyclic) bond motifs is 1. The van der Waals surface area contributed by atoms with Gasteiger partial charge in [0.2, 0.25) is 0 Å². The highest BCUT2D eigenvalue weighted by molar-refractivity contribution is 5.91. The number of H-pyrrole nitrogens is 1. The average molecular weight is 276 g/mol. The van der Waals surface area contributed by atoms with Crippen molar-refractivity contribution in [2.45, 2.75) is 19.8 Å². The number of aryl methyl sites for hydroxylation is 1. The Kier molecular flexibility index (Phi) is 4.63. The van der Waals surface area contributed by atoms with E-state index in [9.17, 15) is 4.79 Å². The second kappa shape index (κ2) is 6.43. The van der Waals surface area contributed by atoms with Crippen LogP contribution in [0.3, 0.4) is 0 Å². The lowest BCUT2D eigenvalue weighted by atomic mass is 10.1. The first kappa shape index (κ1) is 14.4. The lowest BCUT2D eigenvalue weighted by molar-refractivity contribution is -0.368. The van der Waals surface area contributed by atoms with E-state index in [-0.39, 0.29) is 6.09 Å². The van der Waals surface area contributed by atoms with E-state index in [4.69, 9.17) is 4.74 Å². The maximum atomic E-state index is 11.9. The fourth-order valence-corrected chi connectivity index (χ4v) is 2.12. The predicted molar refractivity (Wildman–Crippen MR) is 78.7 cm³/mol. The number of aromatic amines is 1. The van der Waals surface area contributed by atoms with Crippen molar-refractivity contribution in [2.24, 2.45) is 0 Å². The third-order valence-corrected chi connectivity index (χ3v) is 3.43. The summed E-state index contributed by atoms with van der Waals surface area (Å²) in [5.74, 6) is 0.619. The van der Waals surface area contributed by atoms with Crippen molar-refractivity contribution in [3.8, 4) is 5.75 Å². The Balaban J connectivity index is 2.32. The molecule has 0 radical (unpaired) electrons. The van der Waals surface area contributed by atoms with Crippen LogP contribution >= 0.6 is 0 Å². The van der Waals surface area contributed by atoms with Gasteiger partial charge in [0.05, 0.1) is 6.54 Å². The SMILES string of the molecule is CCN(C)C(=O)Oc1cccc2[nH]cc(CCC[NH3+])c12. The first-order valence-electron chi connectivity index (χ1n) is 6.98. The molecule has 0 bridgehead atoms. The second-order valence-corrected chi connectivity index (χ2v) is 4.83. The van der Waals surface area contributed by atoms with Gasteiger partial charge in [0.1, 0.15) is 5.75 Å². The molecule has 2 aromatic rings. The fraction of sp³-hybridized carbons (Fsp3) is 0.400. The zero-order valence-corrected chi connectivity index (χ0v) is 12.1. The number of ether oxygens (including phenoxy) is 1. The Bertz CT molecular complexity index is 592. The lowest BCUT2D eigenvalue weighted by Crippen LogP contribution is -2.50. The Morgan fingerprint density at radius 2 is 2.25 bits per heavy atom. The van der Waals surface area contributed by atoms with Gasteiger partial charge in [0.25, 0.3) is 0 Å². The Morgan fingerprint density at radius 1 is 1.45 bits per heavy atom. The molecule has 1 heterocycles. The summed E-state index contributed by atoms with van der Waals surface area (Å²) in [6.45, 7) is 3.43. The Labute approximate surface area is 118 Å². The summed E-state index contributed by atoms with van der Waals surface area (Å²) >= 11 is 0. The number of nitrogens with one attached hydrogen (secondary N) is 1. The minimum atomic E-state index is -0.329. The van der Waals surface area contributed by atoms with Crippen molar-refractivity contribution >= 4 is 17.0 Å². The van der Waals surface area contributed by atoms with E-state index in [2.05, 4.69) is 10.7 Å². The first-order chi connectivity index (χ1) is 9.67. The number of benzene rings is 1. The number of quaternary nitrogens is 1. The van der Waals surface area contributed by atoms with Crippen molar-refractivity contribution in [3.63, 3.8) is 0 Å². The molecule has 1 amide bonds. The topological polar surface area (TPSA) is 73.0 Å². The fourth-order valence-electron chi connectivity index (χ4n) is 2.12. The van der Waals surface area contributed by atoms with Crippen LogP contribution in [0.25, 0.3) is 10.9 Å². The number of nitrogens with zero attached hydrogens (tertiary/aromatic N) is 1. The zero-order valence-electron chi connectivity index (χ0n) is 12.1. The summed E-state index contributed by atoms with van der Waals surface area (Å²) in [6.07, 6.45) is 3.61. The first-order valence-corrected chi connectivity index (χ1v) is 6.98. The number of carbonyl (C=O) groups is 1. The normalized spacial score (nSPS) is 10.8. The van der Waals surface area contributed by atoms with Crippen LogP contribution in [0.1, 0.15) is 18.9 Å². The van der Waals surface area contributed by atoms with Gasteiger partial charge in [-0.2, -0.15) is 0 Å². The van der Waals surface area contributed by atoms with E-state index in [1.54, 1.807) is 11.9 Å². The van der Waals surface area contributed by atoms with Crippen LogP contribution in [0.2, 0.25) is 0 Å². The van der Waals surface area contributed by atoms with Gasteiger partial charge in [-0.1, -0.05) is 6.07 Å². The quantitative estimate of drug-likeness (QED) is 0.874. The monoisotopic (exact) mass is 276 g/mol. The van der Waals surface area contributed by atoms with Crippen molar-refractivity contribution in [1.82, 2.24) is 9.88 Å². The number of rotatable bonds is 5. The molecular formula is C15H22N3O2+. The van der Waals surface area contributed by atoms with E-state index in [1.807, 2.05) is 31.3 Å². The third kappa shape index (κ3) is 2.93. The van der Waals surface area contributed by atoms with Crippen LogP contribution < -0.4 is 10.5 Å². The molecule has 1 aromatic heterocycles. The van der Waals surface area contributed by atoms with Crippen LogP contribution in [0.15, 0.2) is 24.4 Å². The van der Waals surface area contributed by atoms with Crippen LogP contribution in [0, 0.1) is 0 Å². The number of carbonyl (C=O) groups excluding carboxylic acids is 1. The average Bonchev–Trinajstić information content (AvgIpc) is 2.88. The molecule has 0 atom stereocenters. The lowest BCUT2D eigenvalue weighted by Gasteiger charge is -2.15. The maximum Gasteiger partial charge on any atom is 0.414 e. The van der Waals surface area contributed by atoms with Crippen LogP contribution in [-0.2, 0) is 6.42 Å². The van der Waals surface area contributed by atoms with Gasteiger partial charge in [-0.3, -0.25) is 0 Å². The number of hydrogen-bond donors (Lipinski definition) is 2.